The number of nitrogens with one attached hydrogen (secondary N) is 1. The smallest absolute Gasteiger partial charge is 0.296 e. The van der Waals surface area contributed by atoms with Crippen LogP contribution in [0.4, 0.5) is 4.79 Å². The number of carbonyl (C=O) groups is 2. The van der Waals surface area contributed by atoms with Gasteiger partial charge in [-0.05, 0) is 41.3 Å². The van der Waals surface area contributed by atoms with Gasteiger partial charge in [0.1, 0.15) is 5.37 Å². The third-order valence-electron chi connectivity index (χ3n) is 3.82. The Hall–Kier alpha value is -1.85. The van der Waals surface area contributed by atoms with Crippen LogP contribution in [0.15, 0.2) is 51.7 Å². The Bertz CT molecular complexity index is 1000. The molecule has 0 aliphatic carbocycles. The van der Waals surface area contributed by atoms with Crippen LogP contribution in [0.3, 0.4) is 0 Å². The zero-order valence-corrected chi connectivity index (χ0v) is 16.9. The molecule has 1 atom stereocenters. The van der Waals surface area contributed by atoms with E-state index in [-0.39, 0.29) is 16.3 Å². The van der Waals surface area contributed by atoms with Crippen molar-refractivity contribution in [1.82, 2.24) is 10.3 Å². The molecule has 3 rings (SSSR count). The molecule has 1 aromatic carbocycles. The highest BCUT2D eigenvalue weighted by Crippen LogP contribution is 2.45. The summed E-state index contributed by atoms with van der Waals surface area (Å²) in [4.78, 5) is 25.4. The number of hydrogen-bond acceptors (Lipinski definition) is 7. The molecule has 27 heavy (non-hydrogen) atoms. The first-order valence-corrected chi connectivity index (χ1v) is 11.4. The number of amides is 2. The molecule has 0 radical (unpaired) electrons. The molecular formula is C16H14ClN3O4S3. The van der Waals surface area contributed by atoms with Gasteiger partial charge in [0.05, 0.1) is 16.3 Å². The zero-order chi connectivity index (χ0) is 19.6. The van der Waals surface area contributed by atoms with Crippen LogP contribution in [0.25, 0.3) is 0 Å². The normalized spacial score (nSPS) is 16.9. The van der Waals surface area contributed by atoms with E-state index >= 15 is 0 Å². The Morgan fingerprint density at radius 2 is 2.00 bits per heavy atom. The number of aldehydes is 1. The van der Waals surface area contributed by atoms with Crippen LogP contribution < -0.4 is 11.3 Å². The monoisotopic (exact) mass is 443 g/mol. The number of halogens is 1. The van der Waals surface area contributed by atoms with E-state index in [9.17, 15) is 18.0 Å². The molecule has 2 heterocycles. The topological polar surface area (TPSA) is 110 Å². The molecule has 2 amide bonds. The molecular weight excluding hydrogens is 430 g/mol. The second-order valence-electron chi connectivity index (χ2n) is 5.49. The molecule has 0 spiro atoms. The lowest BCUT2D eigenvalue weighted by Crippen LogP contribution is -2.42. The second kappa shape index (κ2) is 8.03. The molecule has 0 saturated heterocycles. The van der Waals surface area contributed by atoms with Gasteiger partial charge in [-0.15, -0.1) is 23.1 Å². The van der Waals surface area contributed by atoms with Crippen molar-refractivity contribution in [3.8, 4) is 0 Å². The van der Waals surface area contributed by atoms with Gasteiger partial charge in [0, 0.05) is 15.3 Å². The number of sulfone groups is 1. The summed E-state index contributed by atoms with van der Waals surface area (Å²) < 4.78 is 25.5. The minimum absolute atomic E-state index is 0.159. The van der Waals surface area contributed by atoms with Crippen LogP contribution >= 0.6 is 34.7 Å². The number of hydrazine groups is 1. The lowest BCUT2D eigenvalue weighted by molar-refractivity contribution is -0.105. The fourth-order valence-corrected chi connectivity index (χ4v) is 6.43. The Labute approximate surface area is 169 Å². The number of thiophene rings is 1. The van der Waals surface area contributed by atoms with Gasteiger partial charge in [-0.2, -0.15) is 0 Å². The van der Waals surface area contributed by atoms with E-state index in [4.69, 9.17) is 17.4 Å². The number of urea groups is 1. The lowest BCUT2D eigenvalue weighted by Gasteiger charge is -2.24. The predicted octanol–water partition coefficient (Wildman–Crippen LogP) is 3.05. The van der Waals surface area contributed by atoms with E-state index in [1.165, 1.54) is 52.3 Å². The largest absolute Gasteiger partial charge is 0.337 e. The average Bonchev–Trinajstić information content (AvgIpc) is 3.27. The van der Waals surface area contributed by atoms with Gasteiger partial charge in [0.2, 0.25) is 0 Å². The van der Waals surface area contributed by atoms with E-state index < -0.39 is 21.2 Å². The molecule has 0 saturated carbocycles. The van der Waals surface area contributed by atoms with Crippen molar-refractivity contribution in [3.63, 3.8) is 0 Å². The highest BCUT2D eigenvalue weighted by Gasteiger charge is 2.35. The molecule has 1 unspecified atom stereocenters. The van der Waals surface area contributed by atoms with Crippen LogP contribution in [-0.2, 0) is 20.4 Å². The summed E-state index contributed by atoms with van der Waals surface area (Å²) in [6, 6.07) is 6.99. The van der Waals surface area contributed by atoms with E-state index in [1.807, 2.05) is 5.43 Å². The molecule has 2 aromatic rings. The second-order valence-corrected chi connectivity index (χ2v) is 9.82. The highest BCUT2D eigenvalue weighted by atomic mass is 35.5. The van der Waals surface area contributed by atoms with Crippen LogP contribution in [0, 0.1) is 0 Å². The molecule has 1 aliphatic rings. The van der Waals surface area contributed by atoms with Gasteiger partial charge < -0.3 is 0 Å². The van der Waals surface area contributed by atoms with Gasteiger partial charge in [-0.1, -0.05) is 11.6 Å². The maximum absolute atomic E-state index is 12.7. The molecule has 7 nitrogen and oxygen atoms in total. The van der Waals surface area contributed by atoms with E-state index in [1.54, 1.807) is 16.9 Å². The number of nitrogens with zero attached hydrogens (tertiary/aromatic N) is 1. The van der Waals surface area contributed by atoms with Gasteiger partial charge in [-0.25, -0.2) is 19.1 Å². The fraction of sp³-hybridized carbons (Fsp3) is 0.125. The minimum Gasteiger partial charge on any atom is -0.296 e. The highest BCUT2D eigenvalue weighted by molar-refractivity contribution is 8.02. The minimum atomic E-state index is -3.61. The van der Waals surface area contributed by atoms with Crippen LogP contribution in [-0.4, -0.2) is 25.6 Å². The number of carbonyl (C=O) groups excluding carboxylic acids is 2. The van der Waals surface area contributed by atoms with Gasteiger partial charge in [-0.3, -0.25) is 15.1 Å². The maximum Gasteiger partial charge on any atom is 0.337 e. The number of benzene rings is 1. The summed E-state index contributed by atoms with van der Waals surface area (Å²) in [7, 11) is -3.61. The molecule has 0 bridgehead atoms. The fourth-order valence-electron chi connectivity index (χ4n) is 2.56. The van der Waals surface area contributed by atoms with E-state index in [0.29, 0.717) is 21.7 Å². The predicted molar refractivity (Wildman–Crippen MR) is 106 cm³/mol. The van der Waals surface area contributed by atoms with Gasteiger partial charge in [0.15, 0.2) is 16.1 Å². The average molecular weight is 444 g/mol. The first kappa shape index (κ1) is 19.9. The first-order chi connectivity index (χ1) is 12.9. The molecule has 11 heteroatoms. The summed E-state index contributed by atoms with van der Waals surface area (Å²) in [5.74, 6) is 4.98. The van der Waals surface area contributed by atoms with Crippen molar-refractivity contribution < 1.29 is 18.0 Å². The van der Waals surface area contributed by atoms with Crippen molar-refractivity contribution >= 4 is 56.9 Å². The number of nitrogens with two attached hydrogens (primary N) is 1. The SMILES string of the molecule is NNC(=O)N1C(C=O)=CSC1c1sccc1CS(=O)(=O)c1ccc(Cl)cc1. The molecule has 3 N–H and O–H groups in total. The van der Waals surface area contributed by atoms with Crippen molar-refractivity contribution in [3.05, 3.63) is 62.3 Å². The number of allylic oxidation sites excluding steroid dienone is 1. The lowest BCUT2D eigenvalue weighted by atomic mass is 10.2. The summed E-state index contributed by atoms with van der Waals surface area (Å²) in [5, 5.41) is 3.18. The number of hydrogen-bond donors (Lipinski definition) is 2. The molecule has 142 valence electrons. The van der Waals surface area contributed by atoms with Crippen LogP contribution in [0.2, 0.25) is 5.02 Å². The molecule has 1 aliphatic heterocycles. The third kappa shape index (κ3) is 4.04. The summed E-state index contributed by atoms with van der Waals surface area (Å²) >= 11 is 8.37. The maximum atomic E-state index is 12.7. The van der Waals surface area contributed by atoms with Crippen molar-refractivity contribution in [2.45, 2.75) is 16.0 Å². The third-order valence-corrected chi connectivity index (χ3v) is 7.99. The molecule has 0 fully saturated rings. The van der Waals surface area contributed by atoms with Gasteiger partial charge in [0.25, 0.3) is 0 Å². The first-order valence-electron chi connectivity index (χ1n) is 7.52. The summed E-state index contributed by atoms with van der Waals surface area (Å²) in [6.45, 7) is 0. The van der Waals surface area contributed by atoms with Crippen LogP contribution in [0.1, 0.15) is 15.8 Å². The number of rotatable bonds is 5. The molecule has 1 aromatic heterocycles. The van der Waals surface area contributed by atoms with Gasteiger partial charge >= 0.3 is 6.03 Å². The Morgan fingerprint density at radius 3 is 2.63 bits per heavy atom. The van der Waals surface area contributed by atoms with E-state index in [0.717, 1.165) is 0 Å². The van der Waals surface area contributed by atoms with Crippen LogP contribution in [0.5, 0.6) is 0 Å². The van der Waals surface area contributed by atoms with E-state index in [2.05, 4.69) is 0 Å². The summed E-state index contributed by atoms with van der Waals surface area (Å²) in [5.41, 5.74) is 2.73. The standard InChI is InChI=1S/C16H14ClN3O4S3/c17-11-1-3-13(4-2-11)27(23,24)9-10-5-6-25-14(10)15-20(16(22)19-18)12(7-21)8-26-15/h1-8,15H,9,18H2,(H,19,22). The van der Waals surface area contributed by atoms with Crippen molar-refractivity contribution in [1.29, 1.82) is 0 Å². The van der Waals surface area contributed by atoms with Crippen molar-refractivity contribution in [2.75, 3.05) is 0 Å². The zero-order valence-electron chi connectivity index (χ0n) is 13.7. The Balaban J connectivity index is 1.91. The number of thioether (sulfide) groups is 1. The quantitative estimate of drug-likeness (QED) is 0.318. The Morgan fingerprint density at radius 1 is 1.30 bits per heavy atom. The summed E-state index contributed by atoms with van der Waals surface area (Å²) in [6.07, 6.45) is 0.556. The van der Waals surface area contributed by atoms with Crippen molar-refractivity contribution in [2.24, 2.45) is 5.84 Å². The Kier molecular flexibility index (Phi) is 5.92.